The standard InChI is InChI=1S/C10H16N2O2S2.ClH/c13-16(14,10-2-1-7-15-10)12-8-9-3-5-11-6-4-9;/h1-2,7,9,11-12H,3-6,8H2;1H. The Morgan fingerprint density at radius 1 is 1.41 bits per heavy atom. The lowest BCUT2D eigenvalue weighted by molar-refractivity contribution is 0.372. The molecule has 0 saturated carbocycles. The van der Waals surface area contributed by atoms with Gasteiger partial charge in [-0.3, -0.25) is 0 Å². The average molecular weight is 297 g/mol. The Hall–Kier alpha value is -0.140. The van der Waals surface area contributed by atoms with Gasteiger partial charge in [-0.2, -0.15) is 0 Å². The van der Waals surface area contributed by atoms with Crippen LogP contribution in [0.3, 0.4) is 0 Å². The molecule has 0 unspecified atom stereocenters. The highest BCUT2D eigenvalue weighted by molar-refractivity contribution is 7.91. The third-order valence-electron chi connectivity index (χ3n) is 2.78. The maximum atomic E-state index is 11.8. The Balaban J connectivity index is 0.00000144. The zero-order valence-corrected chi connectivity index (χ0v) is 11.8. The molecule has 1 aromatic heterocycles. The van der Waals surface area contributed by atoms with E-state index in [9.17, 15) is 8.42 Å². The molecule has 1 aliphatic heterocycles. The average Bonchev–Trinajstić information content (AvgIpc) is 2.82. The first kappa shape index (κ1) is 14.9. The molecule has 1 fully saturated rings. The lowest BCUT2D eigenvalue weighted by Gasteiger charge is -2.22. The number of sulfonamides is 1. The fraction of sp³-hybridized carbons (Fsp3) is 0.600. The first-order valence-electron chi connectivity index (χ1n) is 5.42. The van der Waals surface area contributed by atoms with Crippen molar-refractivity contribution in [1.29, 1.82) is 0 Å². The van der Waals surface area contributed by atoms with Gasteiger partial charge in [0.05, 0.1) is 0 Å². The molecule has 17 heavy (non-hydrogen) atoms. The Morgan fingerprint density at radius 3 is 2.71 bits per heavy atom. The fourth-order valence-electron chi connectivity index (χ4n) is 1.80. The summed E-state index contributed by atoms with van der Waals surface area (Å²) in [4.78, 5) is 0. The van der Waals surface area contributed by atoms with Crippen LogP contribution in [0.5, 0.6) is 0 Å². The van der Waals surface area contributed by atoms with Crippen molar-refractivity contribution in [2.24, 2.45) is 5.92 Å². The van der Waals surface area contributed by atoms with Crippen LogP contribution in [0.25, 0.3) is 0 Å². The normalized spacial score (nSPS) is 17.6. The molecule has 1 aromatic rings. The topological polar surface area (TPSA) is 58.2 Å². The molecule has 98 valence electrons. The molecule has 1 saturated heterocycles. The number of piperidine rings is 1. The van der Waals surface area contributed by atoms with Crippen molar-refractivity contribution >= 4 is 33.8 Å². The number of thiophene rings is 1. The van der Waals surface area contributed by atoms with E-state index in [1.807, 2.05) is 0 Å². The van der Waals surface area contributed by atoms with E-state index in [1.54, 1.807) is 17.5 Å². The van der Waals surface area contributed by atoms with Gasteiger partial charge in [0.25, 0.3) is 0 Å². The predicted octanol–water partition coefficient (Wildman–Crippen LogP) is 1.45. The van der Waals surface area contributed by atoms with Gasteiger partial charge >= 0.3 is 0 Å². The summed E-state index contributed by atoms with van der Waals surface area (Å²) < 4.78 is 26.7. The zero-order valence-electron chi connectivity index (χ0n) is 9.39. The SMILES string of the molecule is Cl.O=S(=O)(NCC1CCNCC1)c1cccs1. The third kappa shape index (κ3) is 4.22. The maximum Gasteiger partial charge on any atom is 0.250 e. The van der Waals surface area contributed by atoms with Gasteiger partial charge < -0.3 is 5.32 Å². The monoisotopic (exact) mass is 296 g/mol. The molecule has 2 heterocycles. The molecule has 0 aliphatic carbocycles. The van der Waals surface area contributed by atoms with Crippen molar-refractivity contribution in [2.45, 2.75) is 17.1 Å². The van der Waals surface area contributed by atoms with Gasteiger partial charge in [-0.1, -0.05) is 6.07 Å². The minimum atomic E-state index is -3.27. The summed E-state index contributed by atoms with van der Waals surface area (Å²) >= 11 is 1.25. The second kappa shape index (κ2) is 6.70. The van der Waals surface area contributed by atoms with Crippen molar-refractivity contribution in [3.8, 4) is 0 Å². The van der Waals surface area contributed by atoms with E-state index < -0.39 is 10.0 Å². The lowest BCUT2D eigenvalue weighted by Crippen LogP contribution is -2.35. The highest BCUT2D eigenvalue weighted by atomic mass is 35.5. The zero-order chi connectivity index (χ0) is 11.4. The quantitative estimate of drug-likeness (QED) is 0.884. The second-order valence-corrected chi connectivity index (χ2v) is 6.92. The molecule has 2 rings (SSSR count). The summed E-state index contributed by atoms with van der Waals surface area (Å²) in [5.74, 6) is 0.469. The van der Waals surface area contributed by atoms with E-state index in [-0.39, 0.29) is 12.4 Å². The highest BCUT2D eigenvalue weighted by Gasteiger charge is 2.18. The van der Waals surface area contributed by atoms with Crippen molar-refractivity contribution < 1.29 is 8.42 Å². The van der Waals surface area contributed by atoms with Gasteiger partial charge in [-0.15, -0.1) is 23.7 Å². The van der Waals surface area contributed by atoms with Crippen LogP contribution in [-0.2, 0) is 10.0 Å². The number of hydrogen-bond acceptors (Lipinski definition) is 4. The molecular formula is C10H17ClN2O2S2. The molecular weight excluding hydrogens is 280 g/mol. The summed E-state index contributed by atoms with van der Waals surface area (Å²) in [6.45, 7) is 2.54. The first-order chi connectivity index (χ1) is 7.68. The van der Waals surface area contributed by atoms with Gasteiger partial charge in [0.2, 0.25) is 10.0 Å². The maximum absolute atomic E-state index is 11.8. The van der Waals surface area contributed by atoms with Crippen LogP contribution in [0, 0.1) is 5.92 Å². The number of rotatable bonds is 4. The minimum absolute atomic E-state index is 0. The molecule has 0 bridgehead atoms. The van der Waals surface area contributed by atoms with Crippen molar-refractivity contribution in [1.82, 2.24) is 10.0 Å². The Bertz CT molecular complexity index is 414. The van der Waals surface area contributed by atoms with Crippen LogP contribution in [0.4, 0.5) is 0 Å². The number of halogens is 1. The van der Waals surface area contributed by atoms with E-state index in [0.29, 0.717) is 16.7 Å². The number of hydrogen-bond donors (Lipinski definition) is 2. The summed E-state index contributed by atoms with van der Waals surface area (Å²) in [6.07, 6.45) is 2.10. The largest absolute Gasteiger partial charge is 0.317 e. The van der Waals surface area contributed by atoms with Gasteiger partial charge in [-0.05, 0) is 43.3 Å². The Kier molecular flexibility index (Phi) is 5.88. The van der Waals surface area contributed by atoms with E-state index in [4.69, 9.17) is 0 Å². The molecule has 1 aliphatic rings. The molecule has 0 amide bonds. The van der Waals surface area contributed by atoms with E-state index in [1.165, 1.54) is 11.3 Å². The molecule has 2 N–H and O–H groups in total. The van der Waals surface area contributed by atoms with Gasteiger partial charge in [-0.25, -0.2) is 13.1 Å². The van der Waals surface area contributed by atoms with Crippen LogP contribution in [-0.4, -0.2) is 28.1 Å². The Morgan fingerprint density at radius 2 is 2.12 bits per heavy atom. The summed E-state index contributed by atoms with van der Waals surface area (Å²) in [6, 6.07) is 3.39. The predicted molar refractivity (Wildman–Crippen MR) is 72.3 cm³/mol. The fourth-order valence-corrected chi connectivity index (χ4v) is 3.95. The van der Waals surface area contributed by atoms with Crippen LogP contribution >= 0.6 is 23.7 Å². The lowest BCUT2D eigenvalue weighted by atomic mass is 9.99. The van der Waals surface area contributed by atoms with Gasteiger partial charge in [0.15, 0.2) is 0 Å². The van der Waals surface area contributed by atoms with E-state index in [2.05, 4.69) is 10.0 Å². The van der Waals surface area contributed by atoms with Gasteiger partial charge in [0.1, 0.15) is 4.21 Å². The van der Waals surface area contributed by atoms with Crippen LogP contribution in [0.2, 0.25) is 0 Å². The summed E-state index contributed by atoms with van der Waals surface area (Å²) in [5, 5.41) is 5.04. The molecule has 0 aromatic carbocycles. The molecule has 0 spiro atoms. The van der Waals surface area contributed by atoms with Crippen molar-refractivity contribution in [2.75, 3.05) is 19.6 Å². The minimum Gasteiger partial charge on any atom is -0.317 e. The summed E-state index contributed by atoms with van der Waals surface area (Å²) in [5.41, 5.74) is 0. The second-order valence-electron chi connectivity index (χ2n) is 3.98. The number of nitrogens with one attached hydrogen (secondary N) is 2. The van der Waals surface area contributed by atoms with E-state index in [0.717, 1.165) is 25.9 Å². The molecule has 7 heteroatoms. The van der Waals surface area contributed by atoms with Gasteiger partial charge in [0, 0.05) is 6.54 Å². The third-order valence-corrected chi connectivity index (χ3v) is 5.60. The van der Waals surface area contributed by atoms with Crippen molar-refractivity contribution in [3.05, 3.63) is 17.5 Å². The molecule has 0 atom stereocenters. The highest BCUT2D eigenvalue weighted by Crippen LogP contribution is 2.16. The smallest absolute Gasteiger partial charge is 0.250 e. The van der Waals surface area contributed by atoms with Crippen molar-refractivity contribution in [3.63, 3.8) is 0 Å². The van der Waals surface area contributed by atoms with Crippen LogP contribution < -0.4 is 10.0 Å². The Labute approximate surface area is 112 Å². The molecule has 0 radical (unpaired) electrons. The van der Waals surface area contributed by atoms with E-state index >= 15 is 0 Å². The molecule has 4 nitrogen and oxygen atoms in total. The first-order valence-corrected chi connectivity index (χ1v) is 7.78. The van der Waals surface area contributed by atoms with Crippen LogP contribution in [0.15, 0.2) is 21.7 Å². The van der Waals surface area contributed by atoms with Crippen LogP contribution in [0.1, 0.15) is 12.8 Å². The summed E-state index contributed by atoms with van der Waals surface area (Å²) in [7, 11) is -3.27.